The Morgan fingerprint density at radius 2 is 1.92 bits per heavy atom. The highest BCUT2D eigenvalue weighted by molar-refractivity contribution is 7.98. The number of carbonyl (C=O) groups is 2. The van der Waals surface area contributed by atoms with E-state index in [0.717, 1.165) is 17.0 Å². The minimum absolute atomic E-state index is 0.109. The van der Waals surface area contributed by atoms with Crippen molar-refractivity contribution in [1.82, 2.24) is 4.90 Å². The van der Waals surface area contributed by atoms with Crippen molar-refractivity contribution in [3.05, 3.63) is 54.1 Å². The largest absolute Gasteiger partial charge is 0.325 e. The molecule has 3 rings (SSSR count). The lowest BCUT2D eigenvalue weighted by Crippen LogP contribution is -2.37. The van der Waals surface area contributed by atoms with E-state index in [9.17, 15) is 18.4 Å². The van der Waals surface area contributed by atoms with E-state index in [2.05, 4.69) is 5.32 Å². The Labute approximate surface area is 154 Å². The summed E-state index contributed by atoms with van der Waals surface area (Å²) in [6, 6.07) is 10.3. The van der Waals surface area contributed by atoms with Gasteiger partial charge in [-0.2, -0.15) is 0 Å². The van der Waals surface area contributed by atoms with Gasteiger partial charge in [-0.3, -0.25) is 9.69 Å². The van der Waals surface area contributed by atoms with Crippen LogP contribution in [0.2, 0.25) is 0 Å². The van der Waals surface area contributed by atoms with Gasteiger partial charge in [-0.15, -0.1) is 11.8 Å². The van der Waals surface area contributed by atoms with Crippen molar-refractivity contribution in [2.24, 2.45) is 0 Å². The van der Waals surface area contributed by atoms with Crippen LogP contribution >= 0.6 is 11.8 Å². The number of hydrogen-bond donors (Lipinski definition) is 1. The molecule has 0 aromatic heterocycles. The average molecular weight is 377 g/mol. The molecule has 0 radical (unpaired) electrons. The van der Waals surface area contributed by atoms with Crippen LogP contribution in [-0.4, -0.2) is 42.7 Å². The smallest absolute Gasteiger partial charge is 0.324 e. The average Bonchev–Trinajstić information content (AvgIpc) is 2.98. The molecule has 1 heterocycles. The molecule has 0 unspecified atom stereocenters. The minimum atomic E-state index is -1.01. The van der Waals surface area contributed by atoms with Crippen LogP contribution in [0.15, 0.2) is 47.4 Å². The quantitative estimate of drug-likeness (QED) is 0.811. The third-order valence-electron chi connectivity index (χ3n) is 4.03. The number of amides is 3. The molecule has 1 fully saturated rings. The lowest BCUT2D eigenvalue weighted by molar-refractivity contribution is -0.116. The van der Waals surface area contributed by atoms with Crippen LogP contribution in [0.4, 0.5) is 25.0 Å². The molecule has 0 spiro atoms. The van der Waals surface area contributed by atoms with E-state index in [1.807, 2.05) is 24.5 Å². The molecule has 0 atom stereocenters. The molecule has 1 aliphatic heterocycles. The topological polar surface area (TPSA) is 52.7 Å². The summed E-state index contributed by atoms with van der Waals surface area (Å²) >= 11 is 1.51. The molecule has 0 saturated carbocycles. The molecule has 2 aromatic rings. The number of nitrogens with one attached hydrogen (secondary N) is 1. The molecular formula is C18H17F2N3O2S. The van der Waals surface area contributed by atoms with Gasteiger partial charge in [0.15, 0.2) is 11.6 Å². The molecule has 8 heteroatoms. The van der Waals surface area contributed by atoms with Crippen molar-refractivity contribution in [3.8, 4) is 0 Å². The second kappa shape index (κ2) is 7.74. The number of halogens is 2. The SMILES string of the molecule is CSc1ccccc1NC(=O)CN1CCN(c2ccc(F)c(F)c2)C1=O. The van der Waals surface area contributed by atoms with Gasteiger partial charge in [-0.05, 0) is 30.5 Å². The monoisotopic (exact) mass is 377 g/mol. The fourth-order valence-electron chi connectivity index (χ4n) is 2.73. The van der Waals surface area contributed by atoms with Crippen molar-refractivity contribution in [1.29, 1.82) is 0 Å². The minimum Gasteiger partial charge on any atom is -0.324 e. The summed E-state index contributed by atoms with van der Waals surface area (Å²) < 4.78 is 26.4. The van der Waals surface area contributed by atoms with Crippen LogP contribution in [0, 0.1) is 11.6 Å². The highest BCUT2D eigenvalue weighted by Gasteiger charge is 2.31. The summed E-state index contributed by atoms with van der Waals surface area (Å²) in [6.07, 6.45) is 1.91. The Balaban J connectivity index is 1.65. The highest BCUT2D eigenvalue weighted by atomic mass is 32.2. The third kappa shape index (κ3) is 3.80. The molecule has 3 amide bonds. The summed E-state index contributed by atoms with van der Waals surface area (Å²) in [5.74, 6) is -2.30. The summed E-state index contributed by atoms with van der Waals surface area (Å²) in [6.45, 7) is 0.524. The van der Waals surface area contributed by atoms with E-state index in [0.29, 0.717) is 18.8 Å². The van der Waals surface area contributed by atoms with Crippen molar-refractivity contribution >= 4 is 35.1 Å². The van der Waals surface area contributed by atoms with Crippen molar-refractivity contribution < 1.29 is 18.4 Å². The molecule has 1 N–H and O–H groups in total. The number of thioether (sulfide) groups is 1. The zero-order chi connectivity index (χ0) is 18.7. The fraction of sp³-hybridized carbons (Fsp3) is 0.222. The van der Waals surface area contributed by atoms with E-state index in [4.69, 9.17) is 0 Å². The van der Waals surface area contributed by atoms with Gasteiger partial charge >= 0.3 is 6.03 Å². The van der Waals surface area contributed by atoms with Crippen LogP contribution in [0.25, 0.3) is 0 Å². The predicted octanol–water partition coefficient (Wildman–Crippen LogP) is 3.57. The number of hydrogen-bond acceptors (Lipinski definition) is 3. The van der Waals surface area contributed by atoms with E-state index in [1.165, 1.54) is 27.6 Å². The first-order valence-electron chi connectivity index (χ1n) is 7.94. The normalized spacial score (nSPS) is 14.0. The van der Waals surface area contributed by atoms with Crippen molar-refractivity contribution in [2.75, 3.05) is 36.1 Å². The second-order valence-electron chi connectivity index (χ2n) is 5.70. The maximum Gasteiger partial charge on any atom is 0.325 e. The van der Waals surface area contributed by atoms with Crippen molar-refractivity contribution in [3.63, 3.8) is 0 Å². The number of benzene rings is 2. The summed E-state index contributed by atoms with van der Waals surface area (Å²) in [4.78, 5) is 28.4. The van der Waals surface area contributed by atoms with Crippen LogP contribution in [0.5, 0.6) is 0 Å². The molecule has 0 bridgehead atoms. The van der Waals surface area contributed by atoms with Gasteiger partial charge in [-0.1, -0.05) is 12.1 Å². The van der Waals surface area contributed by atoms with Gasteiger partial charge in [0.25, 0.3) is 0 Å². The maximum absolute atomic E-state index is 13.4. The number of para-hydroxylation sites is 1. The van der Waals surface area contributed by atoms with Gasteiger partial charge in [0.2, 0.25) is 5.91 Å². The first-order chi connectivity index (χ1) is 12.5. The lowest BCUT2D eigenvalue weighted by Gasteiger charge is -2.19. The van der Waals surface area contributed by atoms with Crippen molar-refractivity contribution in [2.45, 2.75) is 4.90 Å². The molecule has 2 aromatic carbocycles. The summed E-state index contributed by atoms with van der Waals surface area (Å²) in [5, 5.41) is 2.80. The van der Waals surface area contributed by atoms with Gasteiger partial charge < -0.3 is 10.2 Å². The summed E-state index contributed by atoms with van der Waals surface area (Å²) in [5.41, 5.74) is 0.957. The molecular weight excluding hydrogens is 360 g/mol. The number of rotatable bonds is 5. The zero-order valence-corrected chi connectivity index (χ0v) is 14.9. The second-order valence-corrected chi connectivity index (χ2v) is 6.55. The molecule has 1 saturated heterocycles. The van der Waals surface area contributed by atoms with Gasteiger partial charge in [0.1, 0.15) is 6.54 Å². The number of carbonyl (C=O) groups excluding carboxylic acids is 2. The third-order valence-corrected chi connectivity index (χ3v) is 4.82. The predicted molar refractivity (Wildman–Crippen MR) is 97.5 cm³/mol. The Morgan fingerprint density at radius 1 is 1.15 bits per heavy atom. The Bertz CT molecular complexity index is 847. The van der Waals surface area contributed by atoms with E-state index in [-0.39, 0.29) is 18.1 Å². The van der Waals surface area contributed by atoms with E-state index >= 15 is 0 Å². The van der Waals surface area contributed by atoms with Crippen LogP contribution < -0.4 is 10.2 Å². The fourth-order valence-corrected chi connectivity index (χ4v) is 3.29. The summed E-state index contributed by atoms with van der Waals surface area (Å²) in [7, 11) is 0. The van der Waals surface area contributed by atoms with E-state index in [1.54, 1.807) is 6.07 Å². The van der Waals surface area contributed by atoms with Crippen LogP contribution in [-0.2, 0) is 4.79 Å². The van der Waals surface area contributed by atoms with Gasteiger partial charge in [0, 0.05) is 29.7 Å². The van der Waals surface area contributed by atoms with Crippen LogP contribution in [0.1, 0.15) is 0 Å². The Hall–Kier alpha value is -2.61. The lowest BCUT2D eigenvalue weighted by atomic mass is 10.3. The van der Waals surface area contributed by atoms with Crippen LogP contribution in [0.3, 0.4) is 0 Å². The first kappa shape index (κ1) is 18.2. The van der Waals surface area contributed by atoms with Gasteiger partial charge in [-0.25, -0.2) is 13.6 Å². The van der Waals surface area contributed by atoms with E-state index < -0.39 is 17.7 Å². The molecule has 1 aliphatic rings. The number of urea groups is 1. The Kier molecular flexibility index (Phi) is 5.41. The Morgan fingerprint density at radius 3 is 2.65 bits per heavy atom. The standard InChI is InChI=1S/C18H17F2N3O2S/c1-26-16-5-3-2-4-15(16)21-17(24)11-22-8-9-23(18(22)25)12-6-7-13(19)14(20)10-12/h2-7,10H,8-9,11H2,1H3,(H,21,24). The zero-order valence-electron chi connectivity index (χ0n) is 14.0. The highest BCUT2D eigenvalue weighted by Crippen LogP contribution is 2.25. The first-order valence-corrected chi connectivity index (χ1v) is 9.16. The molecule has 0 aliphatic carbocycles. The molecule has 26 heavy (non-hydrogen) atoms. The maximum atomic E-state index is 13.4. The molecule has 5 nitrogen and oxygen atoms in total. The molecule has 136 valence electrons. The van der Waals surface area contributed by atoms with Gasteiger partial charge in [0.05, 0.1) is 5.69 Å². The number of anilines is 2. The number of nitrogens with zero attached hydrogens (tertiary/aromatic N) is 2.